The van der Waals surface area contributed by atoms with Gasteiger partial charge in [0.2, 0.25) is 15.9 Å². The van der Waals surface area contributed by atoms with Gasteiger partial charge in [0.25, 0.3) is 0 Å². The lowest BCUT2D eigenvalue weighted by molar-refractivity contribution is -0.140. The van der Waals surface area contributed by atoms with Crippen LogP contribution < -0.4 is 5.32 Å². The summed E-state index contributed by atoms with van der Waals surface area (Å²) in [5, 5.41) is 2.42. The highest BCUT2D eigenvalue weighted by molar-refractivity contribution is 8.00. The highest BCUT2D eigenvalue weighted by Gasteiger charge is 2.28. The third-order valence-corrected chi connectivity index (χ3v) is 6.85. The van der Waals surface area contributed by atoms with Crippen LogP contribution in [-0.4, -0.2) is 81.3 Å². The Morgan fingerprint density at radius 2 is 2.12 bits per heavy atom. The van der Waals surface area contributed by atoms with Gasteiger partial charge < -0.3 is 10.1 Å². The highest BCUT2D eigenvalue weighted by Crippen LogP contribution is 2.20. The molecule has 1 atom stereocenters. The van der Waals surface area contributed by atoms with Crippen LogP contribution in [0.1, 0.15) is 0 Å². The first-order valence-corrected chi connectivity index (χ1v) is 10.5. The number of methoxy groups -OCH3 is 1. The average Bonchev–Trinajstić information content (AvgIpc) is 2.61. The molecule has 1 aliphatic heterocycles. The number of thioether (sulfide) groups is 1. The summed E-state index contributed by atoms with van der Waals surface area (Å²) in [6, 6.07) is 6.12. The number of hydrogen-bond donors (Lipinski definition) is 1. The van der Waals surface area contributed by atoms with E-state index in [1.165, 1.54) is 45.1 Å². The van der Waals surface area contributed by atoms with E-state index in [1.54, 1.807) is 12.1 Å². The van der Waals surface area contributed by atoms with E-state index in [4.69, 9.17) is 4.74 Å². The Balaban J connectivity index is 1.99. The van der Waals surface area contributed by atoms with Gasteiger partial charge in [-0.1, -0.05) is 6.07 Å². The number of ether oxygens (including phenoxy) is 1. The third kappa shape index (κ3) is 5.19. The molecule has 1 aromatic rings. The Morgan fingerprint density at radius 3 is 2.77 bits per heavy atom. The van der Waals surface area contributed by atoms with E-state index >= 15 is 0 Å². The predicted molar refractivity (Wildman–Crippen MR) is 101 cm³/mol. The van der Waals surface area contributed by atoms with Gasteiger partial charge in [-0.05, 0) is 18.2 Å². The first-order valence-electron chi connectivity index (χ1n) is 7.98. The number of amides is 1. The minimum absolute atomic E-state index is 0.112. The molecule has 1 N–H and O–H groups in total. The van der Waals surface area contributed by atoms with E-state index in [-0.39, 0.29) is 28.6 Å². The molecule has 1 amide bonds. The molecule has 0 unspecified atom stereocenters. The van der Waals surface area contributed by atoms with Gasteiger partial charge in [0, 0.05) is 38.6 Å². The standard InChI is InChI=1S/C16H23N3O5S2/c1-18(2)26(22,23)13-6-4-5-12(9-13)17-15(20)11-19-7-8-25-14(10-19)16(21)24-3/h4-6,9,14H,7-8,10-11H2,1-3H3,(H,17,20)/t14-/m1/s1. The van der Waals surface area contributed by atoms with Crippen molar-refractivity contribution in [1.29, 1.82) is 0 Å². The monoisotopic (exact) mass is 401 g/mol. The molecule has 0 aromatic heterocycles. The average molecular weight is 402 g/mol. The van der Waals surface area contributed by atoms with Crippen LogP contribution in [0.3, 0.4) is 0 Å². The van der Waals surface area contributed by atoms with Crippen molar-refractivity contribution in [2.75, 3.05) is 51.9 Å². The van der Waals surface area contributed by atoms with E-state index in [2.05, 4.69) is 5.32 Å². The molecule has 26 heavy (non-hydrogen) atoms. The second kappa shape index (κ2) is 8.85. The number of sulfonamides is 1. The van der Waals surface area contributed by atoms with Gasteiger partial charge in [-0.3, -0.25) is 14.5 Å². The van der Waals surface area contributed by atoms with Gasteiger partial charge in [-0.15, -0.1) is 11.8 Å². The van der Waals surface area contributed by atoms with Gasteiger partial charge in [0.15, 0.2) is 0 Å². The maximum Gasteiger partial charge on any atom is 0.320 e. The second-order valence-electron chi connectivity index (χ2n) is 5.98. The lowest BCUT2D eigenvalue weighted by atomic mass is 10.3. The quantitative estimate of drug-likeness (QED) is 0.692. The van der Waals surface area contributed by atoms with E-state index in [1.807, 2.05) is 4.90 Å². The molecule has 0 bridgehead atoms. The smallest absolute Gasteiger partial charge is 0.320 e. The second-order valence-corrected chi connectivity index (χ2v) is 9.44. The maximum atomic E-state index is 12.3. The lowest BCUT2D eigenvalue weighted by Gasteiger charge is -2.30. The molecule has 0 radical (unpaired) electrons. The fraction of sp³-hybridized carbons (Fsp3) is 0.500. The molecule has 1 aliphatic rings. The summed E-state index contributed by atoms with van der Waals surface area (Å²) in [4.78, 5) is 25.9. The molecular weight excluding hydrogens is 378 g/mol. The predicted octanol–water partition coefficient (Wildman–Crippen LogP) is 0.466. The Kier molecular flexibility index (Phi) is 7.04. The lowest BCUT2D eigenvalue weighted by Crippen LogP contribution is -2.45. The molecule has 10 heteroatoms. The Bertz CT molecular complexity index is 767. The Labute approximate surface area is 157 Å². The number of carbonyl (C=O) groups is 2. The summed E-state index contributed by atoms with van der Waals surface area (Å²) in [7, 11) is 0.688. The zero-order valence-corrected chi connectivity index (χ0v) is 16.6. The number of anilines is 1. The van der Waals surface area contributed by atoms with Crippen LogP contribution in [-0.2, 0) is 24.3 Å². The zero-order chi connectivity index (χ0) is 19.3. The Morgan fingerprint density at radius 1 is 1.38 bits per heavy atom. The van der Waals surface area contributed by atoms with Crippen molar-refractivity contribution in [3.8, 4) is 0 Å². The number of carbonyl (C=O) groups excluding carboxylic acids is 2. The summed E-state index contributed by atoms with van der Waals surface area (Å²) in [5.74, 6) is 0.186. The number of hydrogen-bond acceptors (Lipinski definition) is 7. The third-order valence-electron chi connectivity index (χ3n) is 3.88. The molecule has 8 nitrogen and oxygen atoms in total. The molecule has 1 fully saturated rings. The number of nitrogens with zero attached hydrogens (tertiary/aromatic N) is 2. The fourth-order valence-electron chi connectivity index (χ4n) is 2.47. The number of benzene rings is 1. The molecule has 1 saturated heterocycles. The summed E-state index contributed by atoms with van der Waals surface area (Å²) in [5.41, 5.74) is 0.411. The number of nitrogens with one attached hydrogen (secondary N) is 1. The SMILES string of the molecule is COC(=O)[C@H]1CN(CC(=O)Nc2cccc(S(=O)(=O)N(C)C)c2)CCS1. The topological polar surface area (TPSA) is 96.0 Å². The number of esters is 1. The van der Waals surface area contributed by atoms with E-state index in [0.29, 0.717) is 18.8 Å². The van der Waals surface area contributed by atoms with Crippen molar-refractivity contribution in [3.63, 3.8) is 0 Å². The zero-order valence-electron chi connectivity index (χ0n) is 15.0. The number of rotatable bonds is 6. The first kappa shape index (κ1) is 20.7. The van der Waals surface area contributed by atoms with Gasteiger partial charge >= 0.3 is 5.97 Å². The van der Waals surface area contributed by atoms with Gasteiger partial charge in [-0.25, -0.2) is 12.7 Å². The largest absolute Gasteiger partial charge is 0.468 e. The van der Waals surface area contributed by atoms with Crippen LogP contribution in [0.2, 0.25) is 0 Å². The van der Waals surface area contributed by atoms with Crippen molar-refractivity contribution < 1.29 is 22.7 Å². The highest BCUT2D eigenvalue weighted by atomic mass is 32.2. The summed E-state index contributed by atoms with van der Waals surface area (Å²) < 4.78 is 30.2. The Hall–Kier alpha value is -1.62. The van der Waals surface area contributed by atoms with Crippen molar-refractivity contribution in [2.45, 2.75) is 10.1 Å². The molecule has 0 aliphatic carbocycles. The molecule has 144 valence electrons. The van der Waals surface area contributed by atoms with Crippen LogP contribution in [0, 0.1) is 0 Å². The minimum Gasteiger partial charge on any atom is -0.468 e. The van der Waals surface area contributed by atoms with Crippen molar-refractivity contribution in [2.24, 2.45) is 0 Å². The molecular formula is C16H23N3O5S2. The minimum atomic E-state index is -3.56. The van der Waals surface area contributed by atoms with Crippen LogP contribution in [0.5, 0.6) is 0 Å². The summed E-state index contributed by atoms with van der Waals surface area (Å²) in [6.07, 6.45) is 0. The molecule has 0 saturated carbocycles. The molecule has 1 heterocycles. The van der Waals surface area contributed by atoms with Crippen molar-refractivity contribution in [3.05, 3.63) is 24.3 Å². The van der Waals surface area contributed by atoms with Crippen LogP contribution in [0.15, 0.2) is 29.2 Å². The van der Waals surface area contributed by atoms with Crippen LogP contribution in [0.4, 0.5) is 5.69 Å². The summed E-state index contributed by atoms with van der Waals surface area (Å²) >= 11 is 1.52. The van der Waals surface area contributed by atoms with E-state index in [9.17, 15) is 18.0 Å². The molecule has 2 rings (SSSR count). The molecule has 0 spiro atoms. The summed E-state index contributed by atoms with van der Waals surface area (Å²) in [6.45, 7) is 1.26. The van der Waals surface area contributed by atoms with Crippen LogP contribution >= 0.6 is 11.8 Å². The van der Waals surface area contributed by atoms with Gasteiger partial charge in [0.1, 0.15) is 5.25 Å². The van der Waals surface area contributed by atoms with Crippen molar-refractivity contribution in [1.82, 2.24) is 9.21 Å². The fourth-order valence-corrected chi connectivity index (χ4v) is 4.61. The molecule has 1 aromatic carbocycles. The normalized spacial score (nSPS) is 18.5. The van der Waals surface area contributed by atoms with E-state index in [0.717, 1.165) is 10.1 Å². The van der Waals surface area contributed by atoms with Crippen LogP contribution in [0.25, 0.3) is 0 Å². The van der Waals surface area contributed by atoms with Gasteiger partial charge in [-0.2, -0.15) is 0 Å². The van der Waals surface area contributed by atoms with Gasteiger partial charge in [0.05, 0.1) is 18.6 Å². The maximum absolute atomic E-state index is 12.3. The van der Waals surface area contributed by atoms with E-state index < -0.39 is 10.0 Å². The van der Waals surface area contributed by atoms with Crippen molar-refractivity contribution >= 4 is 39.3 Å². The first-order chi connectivity index (χ1) is 12.2.